The van der Waals surface area contributed by atoms with Gasteiger partial charge >= 0.3 is 5.97 Å². The Morgan fingerprint density at radius 3 is 2.50 bits per heavy atom. The second-order valence-corrected chi connectivity index (χ2v) is 5.75. The van der Waals surface area contributed by atoms with E-state index in [1.165, 1.54) is 6.07 Å². The van der Waals surface area contributed by atoms with Crippen molar-refractivity contribution in [3.8, 4) is 0 Å². The largest absolute Gasteiger partial charge is 0.478 e. The van der Waals surface area contributed by atoms with Crippen LogP contribution in [0.15, 0.2) is 40.1 Å². The maximum absolute atomic E-state index is 13.3. The minimum Gasteiger partial charge on any atom is -0.478 e. The average molecular weight is 332 g/mol. The molecular formula is C13H8Cl2FNO2S. The molecule has 2 aromatic carbocycles. The van der Waals surface area contributed by atoms with E-state index >= 15 is 0 Å². The Morgan fingerprint density at radius 2 is 1.90 bits per heavy atom. The fourth-order valence-electron chi connectivity index (χ4n) is 1.55. The van der Waals surface area contributed by atoms with E-state index in [2.05, 4.69) is 0 Å². The van der Waals surface area contributed by atoms with Crippen LogP contribution in [0.5, 0.6) is 0 Å². The number of aromatic carboxylic acids is 1. The Bertz CT molecular complexity index is 694. The Labute approximate surface area is 128 Å². The molecule has 0 aliphatic heterocycles. The van der Waals surface area contributed by atoms with Crippen LogP contribution in [0.25, 0.3) is 0 Å². The van der Waals surface area contributed by atoms with Gasteiger partial charge in [-0.15, -0.1) is 0 Å². The highest BCUT2D eigenvalue weighted by Crippen LogP contribution is 2.36. The number of hydrogen-bond donors (Lipinski definition) is 2. The first-order chi connectivity index (χ1) is 9.40. The van der Waals surface area contributed by atoms with E-state index in [1.807, 2.05) is 0 Å². The first-order valence-electron chi connectivity index (χ1n) is 5.34. The summed E-state index contributed by atoms with van der Waals surface area (Å²) in [7, 11) is 0. The van der Waals surface area contributed by atoms with Gasteiger partial charge in [-0.2, -0.15) is 0 Å². The molecule has 0 unspecified atom stereocenters. The number of nitrogen functional groups attached to an aromatic ring is 1. The van der Waals surface area contributed by atoms with Gasteiger partial charge in [0, 0.05) is 9.79 Å². The van der Waals surface area contributed by atoms with Gasteiger partial charge in [-0.1, -0.05) is 35.0 Å². The van der Waals surface area contributed by atoms with Crippen LogP contribution in [-0.2, 0) is 0 Å². The third kappa shape index (κ3) is 3.00. The van der Waals surface area contributed by atoms with Crippen molar-refractivity contribution in [1.29, 1.82) is 0 Å². The fraction of sp³-hybridized carbons (Fsp3) is 0. The predicted octanol–water partition coefficient (Wildman–Crippen LogP) is 4.56. The lowest BCUT2D eigenvalue weighted by atomic mass is 10.2. The van der Waals surface area contributed by atoms with Gasteiger partial charge in [0.2, 0.25) is 0 Å². The molecule has 0 aliphatic carbocycles. The highest BCUT2D eigenvalue weighted by Gasteiger charge is 2.18. The molecule has 0 saturated heterocycles. The third-order valence-corrected chi connectivity index (χ3v) is 4.28. The van der Waals surface area contributed by atoms with E-state index in [1.54, 1.807) is 18.2 Å². The van der Waals surface area contributed by atoms with Gasteiger partial charge in [0.1, 0.15) is 5.82 Å². The molecule has 2 aromatic rings. The Balaban J connectivity index is 2.45. The average Bonchev–Trinajstić information content (AvgIpc) is 2.38. The lowest BCUT2D eigenvalue weighted by Gasteiger charge is -2.09. The molecule has 0 fully saturated rings. The summed E-state index contributed by atoms with van der Waals surface area (Å²) in [6.45, 7) is 0. The van der Waals surface area contributed by atoms with Crippen LogP contribution in [0.3, 0.4) is 0 Å². The van der Waals surface area contributed by atoms with Crippen LogP contribution < -0.4 is 5.73 Å². The van der Waals surface area contributed by atoms with Crippen molar-refractivity contribution in [2.45, 2.75) is 9.79 Å². The van der Waals surface area contributed by atoms with Crippen molar-refractivity contribution in [3.05, 3.63) is 51.8 Å². The highest BCUT2D eigenvalue weighted by molar-refractivity contribution is 7.99. The SMILES string of the molecule is Nc1c(F)ccc(Sc2ccc(Cl)c(Cl)c2)c1C(=O)O. The third-order valence-electron chi connectivity index (χ3n) is 2.49. The maximum Gasteiger partial charge on any atom is 0.339 e. The molecule has 20 heavy (non-hydrogen) atoms. The summed E-state index contributed by atoms with van der Waals surface area (Å²) in [5.41, 5.74) is 4.83. The predicted molar refractivity (Wildman–Crippen MR) is 78.4 cm³/mol. The summed E-state index contributed by atoms with van der Waals surface area (Å²) in [5.74, 6) is -2.05. The monoisotopic (exact) mass is 331 g/mol. The zero-order valence-corrected chi connectivity index (χ0v) is 12.2. The number of nitrogens with two attached hydrogens (primary N) is 1. The van der Waals surface area contributed by atoms with Crippen molar-refractivity contribution in [1.82, 2.24) is 0 Å². The second kappa shape index (κ2) is 5.91. The van der Waals surface area contributed by atoms with Crippen LogP contribution in [0, 0.1) is 5.82 Å². The molecule has 0 bridgehead atoms. The number of carboxylic acid groups (broad SMARTS) is 1. The van der Waals surface area contributed by atoms with Gasteiger partial charge in [0.05, 0.1) is 21.3 Å². The van der Waals surface area contributed by atoms with Gasteiger partial charge in [-0.05, 0) is 30.3 Å². The molecule has 104 valence electrons. The van der Waals surface area contributed by atoms with Crippen molar-refractivity contribution in [3.63, 3.8) is 0 Å². The molecule has 0 saturated carbocycles. The van der Waals surface area contributed by atoms with Crippen LogP contribution in [-0.4, -0.2) is 11.1 Å². The van der Waals surface area contributed by atoms with E-state index < -0.39 is 11.8 Å². The molecule has 7 heteroatoms. The molecule has 0 heterocycles. The molecule has 0 radical (unpaired) electrons. The maximum atomic E-state index is 13.3. The van der Waals surface area contributed by atoms with Crippen molar-refractivity contribution < 1.29 is 14.3 Å². The molecule has 0 spiro atoms. The van der Waals surface area contributed by atoms with Gasteiger partial charge in [0.15, 0.2) is 0 Å². The topological polar surface area (TPSA) is 63.3 Å². The summed E-state index contributed by atoms with van der Waals surface area (Å²) >= 11 is 12.8. The zero-order chi connectivity index (χ0) is 14.9. The van der Waals surface area contributed by atoms with E-state index in [-0.39, 0.29) is 11.3 Å². The summed E-state index contributed by atoms with van der Waals surface area (Å²) in [6.07, 6.45) is 0. The number of hydrogen-bond acceptors (Lipinski definition) is 3. The van der Waals surface area contributed by atoms with E-state index in [9.17, 15) is 9.18 Å². The quantitative estimate of drug-likeness (QED) is 0.809. The number of benzene rings is 2. The van der Waals surface area contributed by atoms with Crippen molar-refractivity contribution in [2.24, 2.45) is 0 Å². The summed E-state index contributed by atoms with van der Waals surface area (Å²) in [4.78, 5) is 12.2. The van der Waals surface area contributed by atoms with Crippen LogP contribution >= 0.6 is 35.0 Å². The van der Waals surface area contributed by atoms with Crippen LogP contribution in [0.4, 0.5) is 10.1 Å². The zero-order valence-electron chi connectivity index (χ0n) is 9.86. The number of rotatable bonds is 3. The summed E-state index contributed by atoms with van der Waals surface area (Å²) in [5, 5.41) is 9.89. The molecule has 0 amide bonds. The van der Waals surface area contributed by atoms with Crippen LogP contribution in [0.2, 0.25) is 10.0 Å². The molecule has 0 atom stereocenters. The molecule has 3 nitrogen and oxygen atoms in total. The molecule has 3 N–H and O–H groups in total. The van der Waals surface area contributed by atoms with Gasteiger partial charge < -0.3 is 10.8 Å². The second-order valence-electron chi connectivity index (χ2n) is 3.82. The van der Waals surface area contributed by atoms with Gasteiger partial charge in [0.25, 0.3) is 0 Å². The van der Waals surface area contributed by atoms with Gasteiger partial charge in [-0.25, -0.2) is 9.18 Å². The number of carbonyl (C=O) groups is 1. The number of halogens is 3. The lowest BCUT2D eigenvalue weighted by Crippen LogP contribution is -2.06. The first kappa shape index (κ1) is 15.0. The number of carboxylic acids is 1. The summed E-state index contributed by atoms with van der Waals surface area (Å²) < 4.78 is 13.3. The van der Waals surface area contributed by atoms with Crippen LogP contribution in [0.1, 0.15) is 10.4 Å². The molecule has 2 rings (SSSR count). The Kier molecular flexibility index (Phi) is 4.42. The highest BCUT2D eigenvalue weighted by atomic mass is 35.5. The normalized spacial score (nSPS) is 10.6. The first-order valence-corrected chi connectivity index (χ1v) is 6.91. The number of anilines is 1. The van der Waals surface area contributed by atoms with E-state index in [0.717, 1.165) is 17.8 Å². The van der Waals surface area contributed by atoms with E-state index in [4.69, 9.17) is 34.0 Å². The smallest absolute Gasteiger partial charge is 0.339 e. The fourth-order valence-corrected chi connectivity index (χ4v) is 2.91. The Morgan fingerprint density at radius 1 is 1.20 bits per heavy atom. The molecule has 0 aromatic heterocycles. The molecule has 0 aliphatic rings. The van der Waals surface area contributed by atoms with Crippen molar-refractivity contribution in [2.75, 3.05) is 5.73 Å². The minimum absolute atomic E-state index is 0.263. The standard InChI is InChI=1S/C13H8Cl2FNO2S/c14-7-2-1-6(5-8(7)15)20-10-4-3-9(16)12(17)11(10)13(18)19/h1-5H,17H2,(H,18,19). The minimum atomic E-state index is -1.29. The van der Waals surface area contributed by atoms with Gasteiger partial charge in [-0.3, -0.25) is 0 Å². The lowest BCUT2D eigenvalue weighted by molar-refractivity contribution is 0.0694. The molecular weight excluding hydrogens is 324 g/mol. The van der Waals surface area contributed by atoms with Crippen molar-refractivity contribution >= 4 is 46.6 Å². The Hall–Kier alpha value is -1.43. The van der Waals surface area contributed by atoms with E-state index in [0.29, 0.717) is 19.8 Å². The summed E-state index contributed by atoms with van der Waals surface area (Å²) in [6, 6.07) is 7.37.